The molecule has 0 unspecified atom stereocenters. The fourth-order valence-electron chi connectivity index (χ4n) is 1.29. The molecule has 0 radical (unpaired) electrons. The number of aryl methyl sites for hydroxylation is 2. The zero-order valence-electron chi connectivity index (χ0n) is 8.17. The van der Waals surface area contributed by atoms with Crippen LogP contribution in [0.1, 0.15) is 36.6 Å². The average Bonchev–Trinajstić information content (AvgIpc) is 2.15. The Kier molecular flexibility index (Phi) is 3.45. The fourth-order valence-corrected chi connectivity index (χ4v) is 1.29. The van der Waals surface area contributed by atoms with Gasteiger partial charge < -0.3 is 0 Å². The van der Waals surface area contributed by atoms with E-state index in [0.29, 0.717) is 5.69 Å². The molecule has 0 aliphatic carbocycles. The van der Waals surface area contributed by atoms with Crippen molar-refractivity contribution in [2.45, 2.75) is 33.1 Å². The largest absolute Gasteiger partial charge is 0.245 e. The van der Waals surface area contributed by atoms with E-state index >= 15 is 0 Å². The number of hydrogen-bond donors (Lipinski definition) is 0. The van der Waals surface area contributed by atoms with E-state index < -0.39 is 0 Å². The molecule has 0 N–H and O–H groups in total. The van der Waals surface area contributed by atoms with E-state index in [0.717, 1.165) is 30.4 Å². The smallest absolute Gasteiger partial charge is 0.143 e. The highest BCUT2D eigenvalue weighted by Gasteiger charge is 2.02. The molecule has 0 spiro atoms. The van der Waals surface area contributed by atoms with Gasteiger partial charge in [0.15, 0.2) is 0 Å². The maximum Gasteiger partial charge on any atom is 0.143 e. The number of aromatic nitrogens is 1. The lowest BCUT2D eigenvalue weighted by Crippen LogP contribution is -1.94. The molecule has 1 aromatic rings. The minimum atomic E-state index is 0.582. The first kappa shape index (κ1) is 9.73. The van der Waals surface area contributed by atoms with Crippen LogP contribution in [0.25, 0.3) is 0 Å². The second-order valence-corrected chi connectivity index (χ2v) is 3.24. The van der Waals surface area contributed by atoms with Gasteiger partial charge in [-0.15, -0.1) is 0 Å². The molecule has 0 atom stereocenters. The summed E-state index contributed by atoms with van der Waals surface area (Å²) in [5.74, 6) is 0. The Morgan fingerprint density at radius 3 is 2.92 bits per heavy atom. The molecule has 0 aliphatic rings. The van der Waals surface area contributed by atoms with Crippen LogP contribution in [-0.4, -0.2) is 4.98 Å². The van der Waals surface area contributed by atoms with Crippen LogP contribution in [0.2, 0.25) is 0 Å². The molecule has 1 heterocycles. The summed E-state index contributed by atoms with van der Waals surface area (Å²) in [7, 11) is 0. The summed E-state index contributed by atoms with van der Waals surface area (Å²) in [5.41, 5.74) is 2.80. The maximum absolute atomic E-state index is 8.80. The van der Waals surface area contributed by atoms with Crippen LogP contribution in [0.3, 0.4) is 0 Å². The number of hydrogen-bond acceptors (Lipinski definition) is 2. The molecule has 0 fully saturated rings. The summed E-state index contributed by atoms with van der Waals surface area (Å²) in [6.07, 6.45) is 4.99. The van der Waals surface area contributed by atoms with Crippen molar-refractivity contribution in [3.05, 3.63) is 29.1 Å². The Balaban J connectivity index is 2.89. The highest BCUT2D eigenvalue weighted by molar-refractivity contribution is 5.33. The number of unbranched alkanes of at least 4 members (excludes halogenated alkanes) is 1. The van der Waals surface area contributed by atoms with Crippen LogP contribution in [0, 0.1) is 18.3 Å². The Labute approximate surface area is 79.2 Å². The van der Waals surface area contributed by atoms with Gasteiger partial charge in [0.2, 0.25) is 0 Å². The van der Waals surface area contributed by atoms with Crippen molar-refractivity contribution in [3.63, 3.8) is 0 Å². The number of pyridine rings is 1. The van der Waals surface area contributed by atoms with Gasteiger partial charge in [0.05, 0.1) is 0 Å². The first-order chi connectivity index (χ1) is 6.27. The molecule has 2 heteroatoms. The third-order valence-corrected chi connectivity index (χ3v) is 2.01. The van der Waals surface area contributed by atoms with Crippen LogP contribution < -0.4 is 0 Å². The third-order valence-electron chi connectivity index (χ3n) is 2.01. The van der Waals surface area contributed by atoms with Gasteiger partial charge in [0.25, 0.3) is 0 Å². The fraction of sp³-hybridized carbons (Fsp3) is 0.455. The Morgan fingerprint density at radius 2 is 2.31 bits per heavy atom. The van der Waals surface area contributed by atoms with Crippen molar-refractivity contribution in [1.82, 2.24) is 4.98 Å². The molecule has 0 aromatic carbocycles. The molecule has 0 saturated carbocycles. The number of nitriles is 1. The molecule has 1 rings (SSSR count). The van der Waals surface area contributed by atoms with Crippen molar-refractivity contribution in [1.29, 1.82) is 5.26 Å². The van der Waals surface area contributed by atoms with Gasteiger partial charge in [-0.25, -0.2) is 4.98 Å². The molecule has 0 bridgehead atoms. The minimum Gasteiger partial charge on any atom is -0.245 e. The van der Waals surface area contributed by atoms with Crippen LogP contribution >= 0.6 is 0 Å². The predicted octanol–water partition coefficient (Wildman–Crippen LogP) is 2.60. The molecule has 68 valence electrons. The van der Waals surface area contributed by atoms with Crippen LogP contribution in [-0.2, 0) is 6.42 Å². The maximum atomic E-state index is 8.80. The zero-order valence-corrected chi connectivity index (χ0v) is 8.17. The molecule has 0 saturated heterocycles. The van der Waals surface area contributed by atoms with Gasteiger partial charge in [0.1, 0.15) is 11.8 Å². The number of nitrogens with zero attached hydrogens (tertiary/aromatic N) is 2. The van der Waals surface area contributed by atoms with Crippen LogP contribution in [0.15, 0.2) is 12.3 Å². The van der Waals surface area contributed by atoms with Gasteiger partial charge in [0, 0.05) is 6.20 Å². The van der Waals surface area contributed by atoms with E-state index in [1.807, 2.05) is 6.92 Å². The Hall–Kier alpha value is -1.36. The van der Waals surface area contributed by atoms with Gasteiger partial charge in [-0.1, -0.05) is 19.4 Å². The summed E-state index contributed by atoms with van der Waals surface area (Å²) in [4.78, 5) is 4.09. The van der Waals surface area contributed by atoms with Crippen molar-refractivity contribution >= 4 is 0 Å². The third kappa shape index (κ3) is 2.55. The van der Waals surface area contributed by atoms with Crippen molar-refractivity contribution < 1.29 is 0 Å². The van der Waals surface area contributed by atoms with E-state index in [9.17, 15) is 0 Å². The first-order valence-corrected chi connectivity index (χ1v) is 4.63. The van der Waals surface area contributed by atoms with Crippen molar-refractivity contribution in [2.24, 2.45) is 0 Å². The quantitative estimate of drug-likeness (QED) is 0.706. The van der Waals surface area contributed by atoms with Crippen molar-refractivity contribution in [2.75, 3.05) is 0 Å². The predicted molar refractivity (Wildman–Crippen MR) is 52.3 cm³/mol. The summed E-state index contributed by atoms with van der Waals surface area (Å²) in [6.45, 7) is 4.15. The molecule has 0 aliphatic heterocycles. The molecule has 13 heavy (non-hydrogen) atoms. The number of rotatable bonds is 3. The lowest BCUT2D eigenvalue weighted by atomic mass is 10.1. The van der Waals surface area contributed by atoms with Gasteiger partial charge >= 0.3 is 0 Å². The normalized spacial score (nSPS) is 9.62. The molecule has 0 amide bonds. The Morgan fingerprint density at radius 1 is 1.54 bits per heavy atom. The van der Waals surface area contributed by atoms with E-state index in [1.165, 1.54) is 0 Å². The van der Waals surface area contributed by atoms with Crippen LogP contribution in [0.5, 0.6) is 0 Å². The second kappa shape index (κ2) is 4.61. The highest BCUT2D eigenvalue weighted by atomic mass is 14.7. The first-order valence-electron chi connectivity index (χ1n) is 4.63. The van der Waals surface area contributed by atoms with E-state index in [-0.39, 0.29) is 0 Å². The van der Waals surface area contributed by atoms with E-state index in [2.05, 4.69) is 24.0 Å². The Bertz CT molecular complexity index is 323. The SMILES string of the molecule is CCCCc1cc(C)cnc1C#N. The van der Waals surface area contributed by atoms with E-state index in [1.54, 1.807) is 6.20 Å². The molecular weight excluding hydrogens is 160 g/mol. The zero-order chi connectivity index (χ0) is 9.68. The standard InChI is InChI=1S/C11H14N2/c1-3-4-5-10-6-9(2)8-13-11(10)7-12/h6,8H,3-5H2,1-2H3. The summed E-state index contributed by atoms with van der Waals surface area (Å²) in [6, 6.07) is 4.18. The molecule has 2 nitrogen and oxygen atoms in total. The highest BCUT2D eigenvalue weighted by Crippen LogP contribution is 2.10. The summed E-state index contributed by atoms with van der Waals surface area (Å²) in [5, 5.41) is 8.80. The van der Waals surface area contributed by atoms with Crippen LogP contribution in [0.4, 0.5) is 0 Å². The van der Waals surface area contributed by atoms with E-state index in [4.69, 9.17) is 5.26 Å². The molecular formula is C11H14N2. The van der Waals surface area contributed by atoms with Gasteiger partial charge in [-0.05, 0) is 30.9 Å². The lowest BCUT2D eigenvalue weighted by molar-refractivity contribution is 0.789. The lowest BCUT2D eigenvalue weighted by Gasteiger charge is -2.02. The van der Waals surface area contributed by atoms with Gasteiger partial charge in [-0.3, -0.25) is 0 Å². The van der Waals surface area contributed by atoms with Gasteiger partial charge in [-0.2, -0.15) is 5.26 Å². The monoisotopic (exact) mass is 174 g/mol. The molecule has 1 aromatic heterocycles. The topological polar surface area (TPSA) is 36.7 Å². The summed E-state index contributed by atoms with van der Waals surface area (Å²) >= 11 is 0. The second-order valence-electron chi connectivity index (χ2n) is 3.24. The summed E-state index contributed by atoms with van der Waals surface area (Å²) < 4.78 is 0. The van der Waals surface area contributed by atoms with Crippen molar-refractivity contribution in [3.8, 4) is 6.07 Å². The average molecular weight is 174 g/mol. The minimum absolute atomic E-state index is 0.582.